The summed E-state index contributed by atoms with van der Waals surface area (Å²) < 4.78 is 0. The first-order valence-corrected chi connectivity index (χ1v) is 5.97. The average molecular weight is 243 g/mol. The van der Waals surface area contributed by atoms with Gasteiger partial charge in [0, 0.05) is 6.08 Å². The average Bonchev–Trinajstić information content (AvgIpc) is 2.56. The molecule has 1 N–H and O–H groups in total. The summed E-state index contributed by atoms with van der Waals surface area (Å²) in [5.41, 5.74) is 3.46. The van der Waals surface area contributed by atoms with Crippen molar-refractivity contribution in [1.82, 2.24) is 5.32 Å². The molecule has 18 heavy (non-hydrogen) atoms. The van der Waals surface area contributed by atoms with Gasteiger partial charge < -0.3 is 0 Å². The SMILES string of the molecule is Cc1ccc(C(C)(C)C)cc1C1=CC(=O)NC1=O. The van der Waals surface area contributed by atoms with E-state index >= 15 is 0 Å². The van der Waals surface area contributed by atoms with E-state index in [9.17, 15) is 9.59 Å². The third kappa shape index (κ3) is 2.21. The zero-order valence-corrected chi connectivity index (χ0v) is 11.1. The van der Waals surface area contributed by atoms with Gasteiger partial charge in [-0.05, 0) is 29.0 Å². The standard InChI is InChI=1S/C15H17NO2/c1-9-5-6-10(15(2,3)4)7-11(9)12-8-13(17)16-14(12)18/h5-8H,1-4H3,(H,16,17,18). The zero-order valence-electron chi connectivity index (χ0n) is 11.1. The number of benzene rings is 1. The molecular formula is C15H17NO2. The molecule has 3 heteroatoms. The van der Waals surface area contributed by atoms with E-state index in [1.807, 2.05) is 19.1 Å². The maximum absolute atomic E-state index is 11.7. The molecular weight excluding hydrogens is 226 g/mol. The van der Waals surface area contributed by atoms with Crippen LogP contribution in [0, 0.1) is 6.92 Å². The summed E-state index contributed by atoms with van der Waals surface area (Å²) in [7, 11) is 0. The van der Waals surface area contributed by atoms with Gasteiger partial charge in [-0.1, -0.05) is 39.0 Å². The van der Waals surface area contributed by atoms with Gasteiger partial charge >= 0.3 is 0 Å². The highest BCUT2D eigenvalue weighted by Gasteiger charge is 2.24. The molecule has 94 valence electrons. The van der Waals surface area contributed by atoms with E-state index in [1.165, 1.54) is 6.08 Å². The summed E-state index contributed by atoms with van der Waals surface area (Å²) in [6, 6.07) is 6.06. The summed E-state index contributed by atoms with van der Waals surface area (Å²) in [5.74, 6) is -0.648. The van der Waals surface area contributed by atoms with Crippen LogP contribution in [0.2, 0.25) is 0 Å². The molecule has 0 atom stereocenters. The Morgan fingerprint density at radius 3 is 2.28 bits per heavy atom. The van der Waals surface area contributed by atoms with E-state index in [1.54, 1.807) is 0 Å². The Bertz CT molecular complexity index is 562. The molecule has 0 aliphatic carbocycles. The fourth-order valence-corrected chi connectivity index (χ4v) is 1.99. The zero-order chi connectivity index (χ0) is 13.5. The lowest BCUT2D eigenvalue weighted by molar-refractivity contribution is -0.123. The number of hydrogen-bond acceptors (Lipinski definition) is 2. The van der Waals surface area contributed by atoms with E-state index in [0.29, 0.717) is 5.57 Å². The minimum absolute atomic E-state index is 0.0160. The number of aryl methyl sites for hydroxylation is 1. The van der Waals surface area contributed by atoms with Gasteiger partial charge in [0.2, 0.25) is 0 Å². The molecule has 0 saturated heterocycles. The second kappa shape index (κ2) is 4.09. The molecule has 0 unspecified atom stereocenters. The predicted molar refractivity (Wildman–Crippen MR) is 71.0 cm³/mol. The van der Waals surface area contributed by atoms with Crippen molar-refractivity contribution in [3.05, 3.63) is 41.0 Å². The van der Waals surface area contributed by atoms with Crippen molar-refractivity contribution in [1.29, 1.82) is 0 Å². The van der Waals surface area contributed by atoms with Gasteiger partial charge in [-0.15, -0.1) is 0 Å². The van der Waals surface area contributed by atoms with Crippen LogP contribution in [0.25, 0.3) is 5.57 Å². The minimum Gasteiger partial charge on any atom is -0.289 e. The van der Waals surface area contributed by atoms with Crippen molar-refractivity contribution in [3.8, 4) is 0 Å². The molecule has 1 aliphatic rings. The highest BCUT2D eigenvalue weighted by molar-refractivity contribution is 6.33. The largest absolute Gasteiger partial charge is 0.289 e. The molecule has 0 fully saturated rings. The van der Waals surface area contributed by atoms with Crippen molar-refractivity contribution in [2.24, 2.45) is 0 Å². The van der Waals surface area contributed by atoms with Crippen LogP contribution in [0.1, 0.15) is 37.5 Å². The van der Waals surface area contributed by atoms with Crippen LogP contribution in [0.4, 0.5) is 0 Å². The molecule has 0 aromatic heterocycles. The van der Waals surface area contributed by atoms with Crippen molar-refractivity contribution in [2.75, 3.05) is 0 Å². The number of hydrogen-bond donors (Lipinski definition) is 1. The molecule has 3 nitrogen and oxygen atoms in total. The Kier molecular flexibility index (Phi) is 2.85. The predicted octanol–water partition coefficient (Wildman–Crippen LogP) is 2.33. The lowest BCUT2D eigenvalue weighted by Crippen LogP contribution is -2.22. The Morgan fingerprint density at radius 1 is 1.11 bits per heavy atom. The fourth-order valence-electron chi connectivity index (χ4n) is 1.99. The summed E-state index contributed by atoms with van der Waals surface area (Å²) in [5, 5.41) is 2.28. The topological polar surface area (TPSA) is 46.2 Å². The van der Waals surface area contributed by atoms with Crippen molar-refractivity contribution >= 4 is 17.4 Å². The fraction of sp³-hybridized carbons (Fsp3) is 0.333. The van der Waals surface area contributed by atoms with Crippen LogP contribution in [-0.2, 0) is 15.0 Å². The van der Waals surface area contributed by atoms with Crippen LogP contribution in [0.5, 0.6) is 0 Å². The summed E-state index contributed by atoms with van der Waals surface area (Å²) in [6.07, 6.45) is 1.37. The van der Waals surface area contributed by atoms with Gasteiger partial charge in [0.05, 0.1) is 5.57 Å². The number of amides is 2. The van der Waals surface area contributed by atoms with Crippen LogP contribution >= 0.6 is 0 Å². The van der Waals surface area contributed by atoms with E-state index in [0.717, 1.165) is 16.7 Å². The van der Waals surface area contributed by atoms with Gasteiger partial charge in [0.25, 0.3) is 11.8 Å². The quantitative estimate of drug-likeness (QED) is 0.769. The molecule has 1 aliphatic heterocycles. The first-order valence-electron chi connectivity index (χ1n) is 5.97. The second-order valence-electron chi connectivity index (χ2n) is 5.66. The highest BCUT2D eigenvalue weighted by Crippen LogP contribution is 2.28. The highest BCUT2D eigenvalue weighted by atomic mass is 16.2. The summed E-state index contributed by atoms with van der Waals surface area (Å²) in [6.45, 7) is 8.31. The van der Waals surface area contributed by atoms with Gasteiger partial charge in [-0.2, -0.15) is 0 Å². The second-order valence-corrected chi connectivity index (χ2v) is 5.66. The molecule has 0 spiro atoms. The molecule has 1 aromatic carbocycles. The Balaban J connectivity index is 2.55. The van der Waals surface area contributed by atoms with E-state index in [2.05, 4.69) is 32.2 Å². The van der Waals surface area contributed by atoms with Crippen LogP contribution < -0.4 is 5.32 Å². The third-order valence-electron chi connectivity index (χ3n) is 3.15. The van der Waals surface area contributed by atoms with Crippen LogP contribution in [0.3, 0.4) is 0 Å². The monoisotopic (exact) mass is 243 g/mol. The van der Waals surface area contributed by atoms with Crippen molar-refractivity contribution in [2.45, 2.75) is 33.1 Å². The number of nitrogens with one attached hydrogen (secondary N) is 1. The third-order valence-corrected chi connectivity index (χ3v) is 3.15. The lowest BCUT2D eigenvalue weighted by atomic mass is 9.84. The summed E-state index contributed by atoms with van der Waals surface area (Å²) in [4.78, 5) is 22.9. The maximum Gasteiger partial charge on any atom is 0.258 e. The molecule has 0 saturated carbocycles. The van der Waals surface area contributed by atoms with E-state index in [-0.39, 0.29) is 17.2 Å². The lowest BCUT2D eigenvalue weighted by Gasteiger charge is -2.20. The van der Waals surface area contributed by atoms with Crippen molar-refractivity contribution in [3.63, 3.8) is 0 Å². The molecule has 0 radical (unpaired) electrons. The Labute approximate surface area is 107 Å². The smallest absolute Gasteiger partial charge is 0.258 e. The van der Waals surface area contributed by atoms with Crippen molar-refractivity contribution < 1.29 is 9.59 Å². The van der Waals surface area contributed by atoms with Gasteiger partial charge in [0.15, 0.2) is 0 Å². The normalized spacial score (nSPS) is 15.7. The first-order chi connectivity index (χ1) is 8.29. The maximum atomic E-state index is 11.7. The number of carbonyl (C=O) groups excluding carboxylic acids is 2. The molecule has 2 amide bonds. The number of carbonyl (C=O) groups is 2. The number of rotatable bonds is 1. The number of imide groups is 1. The van der Waals surface area contributed by atoms with Gasteiger partial charge in [-0.25, -0.2) is 0 Å². The minimum atomic E-state index is -0.337. The molecule has 1 aromatic rings. The van der Waals surface area contributed by atoms with Gasteiger partial charge in [0.1, 0.15) is 0 Å². The molecule has 1 heterocycles. The van der Waals surface area contributed by atoms with E-state index < -0.39 is 0 Å². The van der Waals surface area contributed by atoms with Gasteiger partial charge in [-0.3, -0.25) is 14.9 Å². The van der Waals surface area contributed by atoms with Crippen LogP contribution in [-0.4, -0.2) is 11.8 Å². The van der Waals surface area contributed by atoms with Crippen LogP contribution in [0.15, 0.2) is 24.3 Å². The molecule has 0 bridgehead atoms. The Morgan fingerprint density at radius 2 is 1.78 bits per heavy atom. The first kappa shape index (κ1) is 12.6. The summed E-state index contributed by atoms with van der Waals surface area (Å²) >= 11 is 0. The molecule has 2 rings (SSSR count). The van der Waals surface area contributed by atoms with E-state index in [4.69, 9.17) is 0 Å². The Hall–Kier alpha value is -1.90.